The number of rotatable bonds is 4. The minimum absolute atomic E-state index is 0.407. The van der Waals surface area contributed by atoms with Crippen molar-refractivity contribution in [3.63, 3.8) is 0 Å². The van der Waals surface area contributed by atoms with Gasteiger partial charge in [0, 0.05) is 69.8 Å². The monoisotopic (exact) mass is 792 g/mol. The van der Waals surface area contributed by atoms with Crippen LogP contribution in [0.5, 0.6) is 0 Å². The molecular formula is C54H28N6S. The Labute approximate surface area is 352 Å². The molecule has 61 heavy (non-hydrogen) atoms. The molecule has 13 aromatic rings. The fourth-order valence-electron chi connectivity index (χ4n) is 10.1. The molecule has 4 heterocycles. The molecule has 6 nitrogen and oxygen atoms in total. The summed E-state index contributed by atoms with van der Waals surface area (Å²) < 4.78 is 6.98. The second-order valence-corrected chi connectivity index (χ2v) is 16.5. The van der Waals surface area contributed by atoms with Crippen LogP contribution in [0, 0.1) is 17.9 Å². The topological polar surface area (TPSA) is 63.8 Å². The van der Waals surface area contributed by atoms with Crippen LogP contribution in [0.3, 0.4) is 0 Å². The maximum absolute atomic E-state index is 11.7. The molecule has 4 aromatic heterocycles. The summed E-state index contributed by atoms with van der Waals surface area (Å²) in [4.78, 5) is 13.8. The smallest absolute Gasteiger partial charge is 0.220 e. The molecular weight excluding hydrogens is 765 g/mol. The van der Waals surface area contributed by atoms with Crippen LogP contribution in [0.4, 0.5) is 5.69 Å². The van der Waals surface area contributed by atoms with E-state index in [1.807, 2.05) is 54.7 Å². The molecule has 0 atom stereocenters. The molecule has 0 saturated heterocycles. The van der Waals surface area contributed by atoms with Crippen molar-refractivity contribution < 1.29 is 0 Å². The SMILES string of the molecule is [C-]#[N+]c1c(-c2ccccc2)c(C#N)c(-n2c3ccccc3c3cc4c(cc32)sc2ccccc24)c(-c2ccccc2)c1-n1c2cccc3c4cncnc4c4cccc1c4c32. The van der Waals surface area contributed by atoms with Gasteiger partial charge in [-0.25, -0.2) is 14.8 Å². The van der Waals surface area contributed by atoms with E-state index >= 15 is 0 Å². The highest BCUT2D eigenvalue weighted by atomic mass is 32.1. The third-order valence-electron chi connectivity index (χ3n) is 12.5. The normalized spacial score (nSPS) is 11.9. The standard InChI is InChI=1S/C54H28N6S/c1-56-52-47(31-14-4-2-5-15-31)39(28-55)53(59-41-22-10-8-18-33(41)37-26-38-34-19-9-11-25-45(34)61-46(38)27-44(37)59)48(32-16-6-3-7-17-32)54(52)60-42-23-12-20-35-40-29-57-30-58-51(40)36-21-13-24-43(60)50(36)49(35)42/h2-27,29-30H. The highest BCUT2D eigenvalue weighted by Crippen LogP contribution is 2.53. The van der Waals surface area contributed by atoms with E-state index in [9.17, 15) is 5.26 Å². The highest BCUT2D eigenvalue weighted by Gasteiger charge is 2.32. The van der Waals surface area contributed by atoms with Gasteiger partial charge in [0.15, 0.2) is 0 Å². The maximum Gasteiger partial charge on any atom is 0.220 e. The third kappa shape index (κ3) is 4.47. The number of fused-ring (bicyclic) bond motifs is 9. The largest absolute Gasteiger partial charge is 0.318 e. The molecule has 0 aliphatic heterocycles. The Morgan fingerprint density at radius 1 is 0.525 bits per heavy atom. The number of hydrogen-bond acceptors (Lipinski definition) is 4. The molecule has 0 fully saturated rings. The van der Waals surface area contributed by atoms with E-state index in [2.05, 4.69) is 134 Å². The van der Waals surface area contributed by atoms with Gasteiger partial charge in [-0.3, -0.25) is 0 Å². The zero-order valence-electron chi connectivity index (χ0n) is 32.3. The number of para-hydroxylation sites is 1. The zero-order valence-corrected chi connectivity index (χ0v) is 33.1. The van der Waals surface area contributed by atoms with Crippen molar-refractivity contribution in [1.29, 1.82) is 5.26 Å². The van der Waals surface area contributed by atoms with Crippen molar-refractivity contribution in [2.75, 3.05) is 0 Å². The summed E-state index contributed by atoms with van der Waals surface area (Å²) in [6, 6.07) is 57.4. The number of benzene rings is 9. The molecule has 0 bridgehead atoms. The van der Waals surface area contributed by atoms with Crippen LogP contribution in [-0.2, 0) is 0 Å². The molecule has 0 spiro atoms. The average Bonchev–Trinajstić information content (AvgIpc) is 3.97. The number of nitrogens with zero attached hydrogens (tertiary/aromatic N) is 6. The van der Waals surface area contributed by atoms with Gasteiger partial charge in [-0.05, 0) is 52.9 Å². The van der Waals surface area contributed by atoms with Gasteiger partial charge in [0.1, 0.15) is 12.4 Å². The highest BCUT2D eigenvalue weighted by molar-refractivity contribution is 7.25. The maximum atomic E-state index is 11.7. The molecule has 0 amide bonds. The van der Waals surface area contributed by atoms with Crippen LogP contribution >= 0.6 is 11.3 Å². The van der Waals surface area contributed by atoms with E-state index in [-0.39, 0.29) is 0 Å². The van der Waals surface area contributed by atoms with Gasteiger partial charge in [0.2, 0.25) is 5.69 Å². The Hall–Kier alpha value is -8.36. The molecule has 9 aromatic carbocycles. The lowest BCUT2D eigenvalue weighted by Gasteiger charge is -2.25. The van der Waals surface area contributed by atoms with Crippen LogP contribution in [0.1, 0.15) is 5.56 Å². The minimum atomic E-state index is 0.407. The van der Waals surface area contributed by atoms with Crippen molar-refractivity contribution in [2.24, 2.45) is 0 Å². The minimum Gasteiger partial charge on any atom is -0.318 e. The summed E-state index contributed by atoms with van der Waals surface area (Å²) in [5.74, 6) is 0. The lowest BCUT2D eigenvalue weighted by Crippen LogP contribution is -2.08. The Kier molecular flexibility index (Phi) is 6.92. The summed E-state index contributed by atoms with van der Waals surface area (Å²) in [6.07, 6.45) is 3.51. The van der Waals surface area contributed by atoms with E-state index < -0.39 is 0 Å². The van der Waals surface area contributed by atoms with Crippen molar-refractivity contribution in [2.45, 2.75) is 0 Å². The molecule has 0 N–H and O–H groups in total. The van der Waals surface area contributed by atoms with Crippen LogP contribution in [0.2, 0.25) is 0 Å². The number of aromatic nitrogens is 4. The van der Waals surface area contributed by atoms with Gasteiger partial charge in [-0.2, -0.15) is 5.26 Å². The first kappa shape index (κ1) is 33.6. The van der Waals surface area contributed by atoms with Gasteiger partial charge in [-0.15, -0.1) is 11.3 Å². The first-order valence-electron chi connectivity index (χ1n) is 20.1. The van der Waals surface area contributed by atoms with Crippen LogP contribution in [0.15, 0.2) is 170 Å². The van der Waals surface area contributed by atoms with E-state index in [0.717, 1.165) is 87.7 Å². The predicted molar refractivity (Wildman–Crippen MR) is 252 cm³/mol. The fourth-order valence-corrected chi connectivity index (χ4v) is 11.2. The summed E-state index contributed by atoms with van der Waals surface area (Å²) >= 11 is 1.78. The van der Waals surface area contributed by atoms with Crippen molar-refractivity contribution >= 4 is 102 Å². The van der Waals surface area contributed by atoms with Crippen LogP contribution in [0.25, 0.3) is 124 Å². The Morgan fingerprint density at radius 2 is 1.15 bits per heavy atom. The van der Waals surface area contributed by atoms with E-state index in [4.69, 9.17) is 11.6 Å². The predicted octanol–water partition coefficient (Wildman–Crippen LogP) is 14.5. The molecule has 7 heteroatoms. The van der Waals surface area contributed by atoms with E-state index in [1.165, 1.54) is 20.2 Å². The van der Waals surface area contributed by atoms with Crippen molar-refractivity contribution in [3.05, 3.63) is 187 Å². The second-order valence-electron chi connectivity index (χ2n) is 15.5. The van der Waals surface area contributed by atoms with Gasteiger partial charge in [0.05, 0.1) is 51.1 Å². The lowest BCUT2D eigenvalue weighted by molar-refractivity contribution is 1.13. The number of nitriles is 1. The van der Waals surface area contributed by atoms with Crippen LogP contribution < -0.4 is 0 Å². The zero-order chi connectivity index (χ0) is 40.3. The van der Waals surface area contributed by atoms with Crippen molar-refractivity contribution in [1.82, 2.24) is 19.1 Å². The lowest BCUT2D eigenvalue weighted by atomic mass is 9.88. The Bertz CT molecular complexity index is 3980. The molecule has 280 valence electrons. The quantitative estimate of drug-likeness (QED) is 0.132. The van der Waals surface area contributed by atoms with Gasteiger partial charge >= 0.3 is 0 Å². The van der Waals surface area contributed by atoms with E-state index in [0.29, 0.717) is 22.5 Å². The first-order valence-corrected chi connectivity index (χ1v) is 20.9. The number of hydrogen-bond donors (Lipinski definition) is 0. The van der Waals surface area contributed by atoms with Gasteiger partial charge in [0.25, 0.3) is 0 Å². The molecule has 0 unspecified atom stereocenters. The Balaban J connectivity index is 1.31. The summed E-state index contributed by atoms with van der Waals surface area (Å²) in [5.41, 5.74) is 10.2. The summed E-state index contributed by atoms with van der Waals surface area (Å²) in [6.45, 7) is 9.16. The van der Waals surface area contributed by atoms with Gasteiger partial charge in [-0.1, -0.05) is 121 Å². The van der Waals surface area contributed by atoms with Crippen LogP contribution in [-0.4, -0.2) is 19.1 Å². The van der Waals surface area contributed by atoms with Crippen molar-refractivity contribution in [3.8, 4) is 39.7 Å². The molecule has 0 saturated carbocycles. The summed E-state index contributed by atoms with van der Waals surface area (Å²) in [5, 5.41) is 21.6. The third-order valence-corrected chi connectivity index (χ3v) is 13.6. The van der Waals surface area contributed by atoms with Gasteiger partial charge < -0.3 is 9.13 Å². The molecule has 0 aliphatic rings. The molecule has 0 aliphatic carbocycles. The fraction of sp³-hybridized carbons (Fsp3) is 0. The first-order chi connectivity index (χ1) is 30.2. The summed E-state index contributed by atoms with van der Waals surface area (Å²) in [7, 11) is 0. The second kappa shape index (κ2) is 12.6. The number of thiophene rings is 1. The average molecular weight is 793 g/mol. The van der Waals surface area contributed by atoms with E-state index in [1.54, 1.807) is 17.7 Å². The Morgan fingerprint density at radius 3 is 1.90 bits per heavy atom. The molecule has 13 rings (SSSR count). The molecule has 0 radical (unpaired) electrons.